The van der Waals surface area contributed by atoms with Crippen LogP contribution in [0, 0.1) is 5.92 Å². The van der Waals surface area contributed by atoms with Crippen LogP contribution in [0.15, 0.2) is 24.3 Å². The predicted octanol–water partition coefficient (Wildman–Crippen LogP) is 1.80. The third kappa shape index (κ3) is 9.19. The van der Waals surface area contributed by atoms with Crippen molar-refractivity contribution in [1.82, 2.24) is 0 Å². The third-order valence-electron chi connectivity index (χ3n) is 1.72. The van der Waals surface area contributed by atoms with Crippen LogP contribution in [0.4, 0.5) is 4.79 Å². The number of rotatable bonds is 4. The molecular formula is C12H20N2O3. The van der Waals surface area contributed by atoms with Gasteiger partial charge in [-0.1, -0.05) is 26.0 Å². The molecule has 1 aromatic carbocycles. The maximum Gasteiger partial charge on any atom is 0.402 e. The summed E-state index contributed by atoms with van der Waals surface area (Å²) in [4.78, 5) is 8.78. The Kier molecular flexibility index (Phi) is 7.54. The monoisotopic (exact) mass is 240 g/mol. The van der Waals surface area contributed by atoms with E-state index in [-0.39, 0.29) is 0 Å². The number of hydrogen-bond donors (Lipinski definition) is 3. The van der Waals surface area contributed by atoms with Gasteiger partial charge in [0.15, 0.2) is 0 Å². The van der Waals surface area contributed by atoms with Crippen molar-refractivity contribution in [3.05, 3.63) is 29.8 Å². The molecule has 0 unspecified atom stereocenters. The van der Waals surface area contributed by atoms with Gasteiger partial charge in [-0.05, 0) is 23.6 Å². The van der Waals surface area contributed by atoms with Crippen LogP contribution >= 0.6 is 0 Å². The minimum Gasteiger partial charge on any atom is -0.493 e. The average molecular weight is 240 g/mol. The fourth-order valence-corrected chi connectivity index (χ4v) is 1.03. The zero-order valence-corrected chi connectivity index (χ0v) is 10.2. The molecule has 96 valence electrons. The summed E-state index contributed by atoms with van der Waals surface area (Å²) >= 11 is 0. The highest BCUT2D eigenvalue weighted by Gasteiger charge is 1.97. The number of carboxylic acid groups (broad SMARTS) is 1. The smallest absolute Gasteiger partial charge is 0.402 e. The van der Waals surface area contributed by atoms with Crippen molar-refractivity contribution in [1.29, 1.82) is 0 Å². The van der Waals surface area contributed by atoms with E-state index in [0.29, 0.717) is 12.5 Å². The van der Waals surface area contributed by atoms with Gasteiger partial charge < -0.3 is 21.3 Å². The van der Waals surface area contributed by atoms with Gasteiger partial charge in [0.25, 0.3) is 0 Å². The molecule has 0 atom stereocenters. The Bertz CT molecular complexity index is 336. The molecule has 0 saturated carbocycles. The molecule has 0 radical (unpaired) electrons. The Morgan fingerprint density at radius 3 is 2.53 bits per heavy atom. The molecule has 0 aromatic heterocycles. The molecule has 5 N–H and O–H groups in total. The number of amides is 1. The Balaban J connectivity index is 0.000000557. The van der Waals surface area contributed by atoms with E-state index < -0.39 is 6.09 Å². The molecule has 1 rings (SSSR count). The zero-order valence-electron chi connectivity index (χ0n) is 10.2. The summed E-state index contributed by atoms with van der Waals surface area (Å²) in [6.07, 6.45) is -1.33. The fourth-order valence-electron chi connectivity index (χ4n) is 1.03. The topological polar surface area (TPSA) is 98.6 Å². The first kappa shape index (κ1) is 15.2. The first-order valence-electron chi connectivity index (χ1n) is 5.36. The van der Waals surface area contributed by atoms with Crippen molar-refractivity contribution in [3.63, 3.8) is 0 Å². The summed E-state index contributed by atoms with van der Waals surface area (Å²) in [6.45, 7) is 5.59. The highest BCUT2D eigenvalue weighted by atomic mass is 16.5. The first-order chi connectivity index (χ1) is 7.95. The zero-order chi connectivity index (χ0) is 13.3. The van der Waals surface area contributed by atoms with Crippen LogP contribution < -0.4 is 16.2 Å². The first-order valence-corrected chi connectivity index (χ1v) is 5.36. The van der Waals surface area contributed by atoms with E-state index in [9.17, 15) is 0 Å². The summed E-state index contributed by atoms with van der Waals surface area (Å²) < 4.78 is 5.55. The van der Waals surface area contributed by atoms with E-state index >= 15 is 0 Å². The second kappa shape index (κ2) is 8.41. The molecule has 0 fully saturated rings. The van der Waals surface area contributed by atoms with E-state index in [1.807, 2.05) is 24.3 Å². The Hall–Kier alpha value is -1.75. The van der Waals surface area contributed by atoms with Gasteiger partial charge in [0.05, 0.1) is 6.61 Å². The van der Waals surface area contributed by atoms with E-state index in [0.717, 1.165) is 17.9 Å². The van der Waals surface area contributed by atoms with Crippen LogP contribution in [-0.4, -0.2) is 17.8 Å². The molecule has 0 aliphatic heterocycles. The summed E-state index contributed by atoms with van der Waals surface area (Å²) in [5.74, 6) is 1.47. The molecule has 1 amide bonds. The number of hydrogen-bond acceptors (Lipinski definition) is 3. The Morgan fingerprint density at radius 1 is 1.47 bits per heavy atom. The fraction of sp³-hybridized carbons (Fsp3) is 0.417. The van der Waals surface area contributed by atoms with Gasteiger partial charge in [-0.25, -0.2) is 4.79 Å². The quantitative estimate of drug-likeness (QED) is 0.747. The minimum atomic E-state index is -1.33. The molecule has 0 aliphatic rings. The predicted molar refractivity (Wildman–Crippen MR) is 66.9 cm³/mol. The van der Waals surface area contributed by atoms with Gasteiger partial charge >= 0.3 is 6.09 Å². The van der Waals surface area contributed by atoms with Gasteiger partial charge in [0.2, 0.25) is 0 Å². The minimum absolute atomic E-state index is 0.557. The number of carbonyl (C=O) groups is 1. The lowest BCUT2D eigenvalue weighted by Gasteiger charge is -2.09. The molecule has 0 heterocycles. The molecule has 0 bridgehead atoms. The van der Waals surface area contributed by atoms with Crippen molar-refractivity contribution in [2.45, 2.75) is 20.4 Å². The van der Waals surface area contributed by atoms with E-state index in [1.54, 1.807) is 0 Å². The second-order valence-electron chi connectivity index (χ2n) is 3.89. The molecular weight excluding hydrogens is 220 g/mol. The molecule has 0 spiro atoms. The number of ether oxygens (including phenoxy) is 1. The van der Waals surface area contributed by atoms with Crippen LogP contribution in [0.5, 0.6) is 5.75 Å². The molecule has 5 heteroatoms. The van der Waals surface area contributed by atoms with Crippen molar-refractivity contribution in [2.24, 2.45) is 17.4 Å². The largest absolute Gasteiger partial charge is 0.493 e. The number of nitrogens with two attached hydrogens (primary N) is 2. The summed E-state index contributed by atoms with van der Waals surface area (Å²) in [6, 6.07) is 7.92. The van der Waals surface area contributed by atoms with Crippen LogP contribution in [0.1, 0.15) is 19.4 Å². The number of primary amides is 1. The van der Waals surface area contributed by atoms with Gasteiger partial charge in [-0.3, -0.25) is 0 Å². The van der Waals surface area contributed by atoms with Crippen LogP contribution in [0.2, 0.25) is 0 Å². The summed E-state index contributed by atoms with van der Waals surface area (Å²) in [7, 11) is 0. The van der Waals surface area contributed by atoms with Crippen LogP contribution in [-0.2, 0) is 6.54 Å². The molecule has 1 aromatic rings. The Morgan fingerprint density at radius 2 is 2.06 bits per heavy atom. The maximum atomic E-state index is 8.78. The lowest BCUT2D eigenvalue weighted by molar-refractivity contribution is 0.205. The normalized spacial score (nSPS) is 9.41. The van der Waals surface area contributed by atoms with E-state index in [2.05, 4.69) is 19.6 Å². The third-order valence-corrected chi connectivity index (χ3v) is 1.72. The highest BCUT2D eigenvalue weighted by molar-refractivity contribution is 5.61. The molecule has 0 aliphatic carbocycles. The summed E-state index contributed by atoms with van der Waals surface area (Å²) in [5.41, 5.74) is 10.7. The highest BCUT2D eigenvalue weighted by Crippen LogP contribution is 2.13. The van der Waals surface area contributed by atoms with Crippen LogP contribution in [0.25, 0.3) is 0 Å². The van der Waals surface area contributed by atoms with Crippen LogP contribution in [0.3, 0.4) is 0 Å². The molecule has 17 heavy (non-hydrogen) atoms. The number of benzene rings is 1. The molecule has 0 saturated heterocycles. The van der Waals surface area contributed by atoms with E-state index in [1.165, 1.54) is 0 Å². The SMILES string of the molecule is CC(C)COc1cccc(CN)c1.NC(=O)O. The van der Waals surface area contributed by atoms with Crippen molar-refractivity contribution < 1.29 is 14.6 Å². The summed E-state index contributed by atoms with van der Waals surface area (Å²) in [5, 5.41) is 7.19. The van der Waals surface area contributed by atoms with Crippen molar-refractivity contribution in [2.75, 3.05) is 6.61 Å². The lowest BCUT2D eigenvalue weighted by atomic mass is 10.2. The van der Waals surface area contributed by atoms with Gasteiger partial charge in [-0.15, -0.1) is 0 Å². The second-order valence-corrected chi connectivity index (χ2v) is 3.89. The van der Waals surface area contributed by atoms with Gasteiger partial charge in [-0.2, -0.15) is 0 Å². The van der Waals surface area contributed by atoms with Gasteiger partial charge in [0, 0.05) is 6.54 Å². The average Bonchev–Trinajstić information content (AvgIpc) is 2.26. The van der Waals surface area contributed by atoms with Gasteiger partial charge in [0.1, 0.15) is 5.75 Å². The Labute approximate surface area is 101 Å². The standard InChI is InChI=1S/C11H17NO.CH3NO2/c1-9(2)8-13-11-5-3-4-10(6-11)7-12;2-1(3)4/h3-6,9H,7-8,12H2,1-2H3;2H2,(H,3,4). The molecule has 5 nitrogen and oxygen atoms in total. The van der Waals surface area contributed by atoms with Crippen molar-refractivity contribution >= 4 is 6.09 Å². The van der Waals surface area contributed by atoms with Crippen molar-refractivity contribution in [3.8, 4) is 5.75 Å². The maximum absolute atomic E-state index is 8.78. The lowest BCUT2D eigenvalue weighted by Crippen LogP contribution is -2.05. The van der Waals surface area contributed by atoms with E-state index in [4.69, 9.17) is 20.4 Å².